The summed E-state index contributed by atoms with van der Waals surface area (Å²) in [6, 6.07) is 13.8. The van der Waals surface area contributed by atoms with Crippen molar-refractivity contribution in [1.82, 2.24) is 10.3 Å². The lowest BCUT2D eigenvalue weighted by Crippen LogP contribution is -2.38. The number of aryl methyl sites for hydroxylation is 1. The minimum absolute atomic E-state index is 0.0131. The highest BCUT2D eigenvalue weighted by Crippen LogP contribution is 2.29. The Bertz CT molecular complexity index is 994. The van der Waals surface area contributed by atoms with Crippen molar-refractivity contribution in [2.45, 2.75) is 38.1 Å². The van der Waals surface area contributed by atoms with E-state index in [9.17, 15) is 14.0 Å². The van der Waals surface area contributed by atoms with E-state index in [0.29, 0.717) is 12.0 Å². The number of H-pyrrole nitrogens is 1. The molecular weight excluding hydrogens is 343 g/mol. The molecule has 1 aromatic heterocycles. The fourth-order valence-electron chi connectivity index (χ4n) is 3.81. The van der Waals surface area contributed by atoms with Crippen LogP contribution in [0.4, 0.5) is 4.39 Å². The average molecular weight is 364 g/mol. The van der Waals surface area contributed by atoms with Crippen LogP contribution in [0.5, 0.6) is 0 Å². The molecule has 4 nitrogen and oxygen atoms in total. The summed E-state index contributed by atoms with van der Waals surface area (Å²) in [5.74, 6) is -0.391. The fraction of sp³-hybridized carbons (Fsp3) is 0.273. The number of fused-ring (bicyclic) bond motifs is 3. The van der Waals surface area contributed by atoms with Crippen LogP contribution in [-0.2, 0) is 17.6 Å². The molecule has 1 atom stereocenters. The van der Waals surface area contributed by atoms with Crippen molar-refractivity contribution in [3.05, 3.63) is 71.2 Å². The van der Waals surface area contributed by atoms with E-state index in [4.69, 9.17) is 0 Å². The second-order valence-corrected chi connectivity index (χ2v) is 7.07. The number of hydrogen-bond acceptors (Lipinski definition) is 2. The van der Waals surface area contributed by atoms with Gasteiger partial charge in [-0.15, -0.1) is 0 Å². The first kappa shape index (κ1) is 17.5. The number of amides is 1. The van der Waals surface area contributed by atoms with Gasteiger partial charge in [-0.2, -0.15) is 0 Å². The molecule has 138 valence electrons. The molecule has 0 spiro atoms. The highest BCUT2D eigenvalue weighted by molar-refractivity contribution is 5.97. The molecule has 0 saturated heterocycles. The molecule has 1 aliphatic carbocycles. The Hall–Kier alpha value is -2.95. The van der Waals surface area contributed by atoms with Gasteiger partial charge in [0.1, 0.15) is 5.82 Å². The van der Waals surface area contributed by atoms with Crippen molar-refractivity contribution in [2.75, 3.05) is 0 Å². The molecule has 0 fully saturated rings. The summed E-state index contributed by atoms with van der Waals surface area (Å²) in [5, 5.41) is 3.93. The number of ketones is 1. The standard InChI is InChI=1S/C22H21FN2O2/c23-15-6-8-19-17(12-15)18-13-16(7-9-20(18)25-19)24-22(27)11-10-21(26)14-4-2-1-3-5-14/h1-6,8,12,16,25H,7,9-11,13H2,(H,24,27). The van der Waals surface area contributed by atoms with Gasteiger partial charge >= 0.3 is 0 Å². The number of aromatic nitrogens is 1. The normalized spacial score (nSPS) is 16.1. The SMILES string of the molecule is O=C(CCC(=O)c1ccccc1)NC1CCc2[nH]c3ccc(F)cc3c2C1. The molecule has 1 aliphatic rings. The Morgan fingerprint density at radius 1 is 1.11 bits per heavy atom. The number of carbonyl (C=O) groups is 2. The van der Waals surface area contributed by atoms with E-state index >= 15 is 0 Å². The first-order chi connectivity index (χ1) is 13.1. The lowest BCUT2D eigenvalue weighted by atomic mass is 9.91. The van der Waals surface area contributed by atoms with Gasteiger partial charge in [0.05, 0.1) is 0 Å². The van der Waals surface area contributed by atoms with Crippen LogP contribution < -0.4 is 5.32 Å². The predicted octanol–water partition coefficient (Wildman–Crippen LogP) is 3.94. The fourth-order valence-corrected chi connectivity index (χ4v) is 3.81. The number of halogens is 1. The Labute approximate surface area is 156 Å². The second kappa shape index (κ2) is 7.35. The van der Waals surface area contributed by atoms with Crippen LogP contribution in [0.3, 0.4) is 0 Å². The molecule has 1 amide bonds. The minimum Gasteiger partial charge on any atom is -0.358 e. The van der Waals surface area contributed by atoms with Gasteiger partial charge in [0.25, 0.3) is 0 Å². The predicted molar refractivity (Wildman–Crippen MR) is 102 cm³/mol. The average Bonchev–Trinajstić information content (AvgIpc) is 3.04. The largest absolute Gasteiger partial charge is 0.358 e. The van der Waals surface area contributed by atoms with Crippen LogP contribution in [0.1, 0.15) is 40.9 Å². The Morgan fingerprint density at radius 3 is 2.74 bits per heavy atom. The lowest BCUT2D eigenvalue weighted by Gasteiger charge is -2.23. The summed E-state index contributed by atoms with van der Waals surface area (Å²) in [7, 11) is 0. The smallest absolute Gasteiger partial charge is 0.220 e. The molecule has 0 bridgehead atoms. The minimum atomic E-state index is -0.255. The number of Topliss-reactive ketones (excluding diaryl/α,β-unsaturated/α-hetero) is 1. The van der Waals surface area contributed by atoms with Gasteiger partial charge in [-0.1, -0.05) is 30.3 Å². The molecule has 0 radical (unpaired) electrons. The topological polar surface area (TPSA) is 62.0 Å². The van der Waals surface area contributed by atoms with Gasteiger partial charge in [-0.05, 0) is 43.0 Å². The third kappa shape index (κ3) is 3.77. The van der Waals surface area contributed by atoms with Gasteiger partial charge < -0.3 is 10.3 Å². The second-order valence-electron chi connectivity index (χ2n) is 7.07. The van der Waals surface area contributed by atoms with Crippen molar-refractivity contribution in [3.8, 4) is 0 Å². The van der Waals surface area contributed by atoms with Crippen LogP contribution in [0.2, 0.25) is 0 Å². The van der Waals surface area contributed by atoms with Crippen LogP contribution in [0.25, 0.3) is 10.9 Å². The number of hydrogen-bond donors (Lipinski definition) is 2. The summed E-state index contributed by atoms with van der Waals surface area (Å²) < 4.78 is 13.6. The Balaban J connectivity index is 1.37. The van der Waals surface area contributed by atoms with E-state index < -0.39 is 0 Å². The highest BCUT2D eigenvalue weighted by Gasteiger charge is 2.24. The van der Waals surface area contributed by atoms with Gasteiger partial charge in [-0.3, -0.25) is 9.59 Å². The summed E-state index contributed by atoms with van der Waals surface area (Å²) in [6.07, 6.45) is 2.71. The molecule has 1 unspecified atom stereocenters. The molecule has 27 heavy (non-hydrogen) atoms. The number of rotatable bonds is 5. The first-order valence-corrected chi connectivity index (χ1v) is 9.27. The number of carbonyl (C=O) groups excluding carboxylic acids is 2. The van der Waals surface area contributed by atoms with E-state index in [1.807, 2.05) is 18.2 Å². The van der Waals surface area contributed by atoms with Crippen molar-refractivity contribution >= 4 is 22.6 Å². The summed E-state index contributed by atoms with van der Waals surface area (Å²) >= 11 is 0. The Morgan fingerprint density at radius 2 is 1.93 bits per heavy atom. The lowest BCUT2D eigenvalue weighted by molar-refractivity contribution is -0.121. The molecule has 0 saturated carbocycles. The number of benzene rings is 2. The van der Waals surface area contributed by atoms with E-state index in [1.54, 1.807) is 24.3 Å². The molecule has 5 heteroatoms. The molecule has 3 aromatic rings. The molecule has 2 aromatic carbocycles. The van der Waals surface area contributed by atoms with Crippen molar-refractivity contribution in [1.29, 1.82) is 0 Å². The van der Waals surface area contributed by atoms with Crippen LogP contribution in [0, 0.1) is 5.82 Å². The molecule has 4 rings (SSSR count). The van der Waals surface area contributed by atoms with Gasteiger partial charge in [-0.25, -0.2) is 4.39 Å². The van der Waals surface area contributed by atoms with Crippen molar-refractivity contribution < 1.29 is 14.0 Å². The van der Waals surface area contributed by atoms with Crippen LogP contribution >= 0.6 is 0 Å². The van der Waals surface area contributed by atoms with Gasteiger partial charge in [0, 0.05) is 41.0 Å². The maximum absolute atomic E-state index is 13.6. The number of nitrogens with one attached hydrogen (secondary N) is 2. The Kier molecular flexibility index (Phi) is 4.75. The highest BCUT2D eigenvalue weighted by atomic mass is 19.1. The zero-order valence-corrected chi connectivity index (χ0v) is 14.9. The molecular formula is C22H21FN2O2. The molecule has 2 N–H and O–H groups in total. The van der Waals surface area contributed by atoms with E-state index in [0.717, 1.165) is 35.0 Å². The van der Waals surface area contributed by atoms with Crippen molar-refractivity contribution in [3.63, 3.8) is 0 Å². The summed E-state index contributed by atoms with van der Waals surface area (Å²) in [4.78, 5) is 27.8. The maximum atomic E-state index is 13.6. The quantitative estimate of drug-likeness (QED) is 0.674. The van der Waals surface area contributed by atoms with Crippen LogP contribution in [-0.4, -0.2) is 22.7 Å². The zero-order chi connectivity index (χ0) is 18.8. The number of aromatic amines is 1. The zero-order valence-electron chi connectivity index (χ0n) is 14.9. The maximum Gasteiger partial charge on any atom is 0.220 e. The van der Waals surface area contributed by atoms with Crippen LogP contribution in [0.15, 0.2) is 48.5 Å². The third-order valence-electron chi connectivity index (χ3n) is 5.19. The molecule has 1 heterocycles. The summed E-state index contributed by atoms with van der Waals surface area (Å²) in [6.45, 7) is 0. The van der Waals surface area contributed by atoms with Crippen molar-refractivity contribution in [2.24, 2.45) is 0 Å². The first-order valence-electron chi connectivity index (χ1n) is 9.27. The van der Waals surface area contributed by atoms with Gasteiger partial charge in [0.2, 0.25) is 5.91 Å². The monoisotopic (exact) mass is 364 g/mol. The molecule has 0 aliphatic heterocycles. The third-order valence-corrected chi connectivity index (χ3v) is 5.19. The van der Waals surface area contributed by atoms with E-state index in [2.05, 4.69) is 10.3 Å². The summed E-state index contributed by atoms with van der Waals surface area (Å²) in [5.41, 5.74) is 3.78. The van der Waals surface area contributed by atoms with Gasteiger partial charge in [0.15, 0.2) is 5.78 Å². The van der Waals surface area contributed by atoms with E-state index in [1.165, 1.54) is 6.07 Å². The van der Waals surface area contributed by atoms with E-state index in [-0.39, 0.29) is 36.4 Å².